The molecule has 1 aromatic carbocycles. The Bertz CT molecular complexity index is 476. The molecule has 0 spiro atoms. The molecule has 21 heavy (non-hydrogen) atoms. The van der Waals surface area contributed by atoms with Crippen LogP contribution in [0.4, 0.5) is 0 Å². The molecule has 0 atom stereocenters. The van der Waals surface area contributed by atoms with E-state index in [1.165, 1.54) is 18.4 Å². The molecule has 0 aromatic heterocycles. The number of carbonyl (C=O) groups excluding carboxylic acids is 1. The van der Waals surface area contributed by atoms with Gasteiger partial charge in [-0.05, 0) is 62.6 Å². The number of rotatable bonds is 5. The smallest absolute Gasteiger partial charge is 0.223 e. The van der Waals surface area contributed by atoms with E-state index in [2.05, 4.69) is 25.2 Å². The molecule has 3 heteroatoms. The monoisotopic (exact) mass is 289 g/mol. The average Bonchev–Trinajstić information content (AvgIpc) is 2.46. The van der Waals surface area contributed by atoms with E-state index in [9.17, 15) is 4.79 Å². The highest BCUT2D eigenvalue weighted by atomic mass is 16.5. The van der Waals surface area contributed by atoms with Crippen LogP contribution in [0.2, 0.25) is 0 Å². The number of benzene rings is 1. The van der Waals surface area contributed by atoms with E-state index in [-0.39, 0.29) is 5.91 Å². The number of hydrogen-bond acceptors (Lipinski definition) is 2. The molecule has 0 aliphatic heterocycles. The highest BCUT2D eigenvalue weighted by Gasteiger charge is 2.19. The fourth-order valence-electron chi connectivity index (χ4n) is 2.84. The summed E-state index contributed by atoms with van der Waals surface area (Å²) in [5.41, 5.74) is 2.37. The number of aryl methyl sites for hydroxylation is 1. The summed E-state index contributed by atoms with van der Waals surface area (Å²) >= 11 is 0. The lowest BCUT2D eigenvalue weighted by Gasteiger charge is -2.26. The van der Waals surface area contributed by atoms with Crippen LogP contribution in [0.3, 0.4) is 0 Å². The van der Waals surface area contributed by atoms with Crippen LogP contribution >= 0.6 is 0 Å². The van der Waals surface area contributed by atoms with Crippen molar-refractivity contribution in [1.29, 1.82) is 0 Å². The van der Waals surface area contributed by atoms with Crippen LogP contribution < -0.4 is 10.1 Å². The minimum absolute atomic E-state index is 0.111. The van der Waals surface area contributed by atoms with Gasteiger partial charge in [0.05, 0.1) is 13.0 Å². The van der Waals surface area contributed by atoms with Crippen molar-refractivity contribution in [2.75, 3.05) is 6.61 Å². The highest BCUT2D eigenvalue weighted by Crippen LogP contribution is 2.23. The van der Waals surface area contributed by atoms with Crippen molar-refractivity contribution in [3.63, 3.8) is 0 Å². The van der Waals surface area contributed by atoms with Crippen molar-refractivity contribution in [2.45, 2.75) is 58.9 Å². The first-order valence-corrected chi connectivity index (χ1v) is 8.04. The largest absolute Gasteiger partial charge is 0.493 e. The van der Waals surface area contributed by atoms with Crippen LogP contribution in [-0.4, -0.2) is 18.6 Å². The van der Waals surface area contributed by atoms with Crippen molar-refractivity contribution in [2.24, 2.45) is 5.92 Å². The SMILES string of the molecule is Cc1cccc(OCCC(=O)NC2CCC(C)CC2)c1C. The summed E-state index contributed by atoms with van der Waals surface area (Å²) in [5.74, 6) is 1.81. The van der Waals surface area contributed by atoms with E-state index < -0.39 is 0 Å². The predicted octanol–water partition coefficient (Wildman–Crippen LogP) is 3.77. The van der Waals surface area contributed by atoms with Gasteiger partial charge in [-0.3, -0.25) is 4.79 Å². The zero-order valence-corrected chi connectivity index (χ0v) is 13.4. The normalized spacial score (nSPS) is 21.9. The molecule has 3 nitrogen and oxygen atoms in total. The molecule has 0 saturated heterocycles. The molecule has 1 fully saturated rings. The fourth-order valence-corrected chi connectivity index (χ4v) is 2.84. The maximum Gasteiger partial charge on any atom is 0.223 e. The van der Waals surface area contributed by atoms with E-state index in [0.717, 1.165) is 30.1 Å². The van der Waals surface area contributed by atoms with Crippen molar-refractivity contribution < 1.29 is 9.53 Å². The van der Waals surface area contributed by atoms with Crippen LogP contribution in [0.15, 0.2) is 18.2 Å². The first-order chi connectivity index (χ1) is 10.1. The topological polar surface area (TPSA) is 38.3 Å². The van der Waals surface area contributed by atoms with E-state index in [4.69, 9.17) is 4.74 Å². The first-order valence-electron chi connectivity index (χ1n) is 8.04. The Balaban J connectivity index is 1.71. The Morgan fingerprint density at radius 3 is 2.67 bits per heavy atom. The number of hydrogen-bond donors (Lipinski definition) is 1. The Kier molecular flexibility index (Phi) is 5.66. The van der Waals surface area contributed by atoms with Crippen LogP contribution in [0.1, 0.15) is 50.2 Å². The summed E-state index contributed by atoms with van der Waals surface area (Å²) in [5, 5.41) is 3.13. The quantitative estimate of drug-likeness (QED) is 0.896. The fraction of sp³-hybridized carbons (Fsp3) is 0.611. The van der Waals surface area contributed by atoms with Crippen LogP contribution in [0, 0.1) is 19.8 Å². The number of nitrogens with one attached hydrogen (secondary N) is 1. The van der Waals surface area contributed by atoms with Gasteiger partial charge in [-0.2, -0.15) is 0 Å². The van der Waals surface area contributed by atoms with Crippen molar-refractivity contribution in [1.82, 2.24) is 5.32 Å². The lowest BCUT2D eigenvalue weighted by Crippen LogP contribution is -2.37. The molecule has 0 heterocycles. The molecule has 1 N–H and O–H groups in total. The highest BCUT2D eigenvalue weighted by molar-refractivity contribution is 5.76. The maximum absolute atomic E-state index is 11.9. The van der Waals surface area contributed by atoms with E-state index in [0.29, 0.717) is 19.1 Å². The van der Waals surface area contributed by atoms with Crippen molar-refractivity contribution in [3.8, 4) is 5.75 Å². The first kappa shape index (κ1) is 15.9. The average molecular weight is 289 g/mol. The molecule has 1 amide bonds. The number of amides is 1. The summed E-state index contributed by atoms with van der Waals surface area (Å²) < 4.78 is 5.73. The second-order valence-corrected chi connectivity index (χ2v) is 6.32. The second kappa shape index (κ2) is 7.48. The van der Waals surface area contributed by atoms with Gasteiger partial charge in [0, 0.05) is 6.04 Å². The molecule has 1 aromatic rings. The van der Waals surface area contributed by atoms with Gasteiger partial charge in [0.1, 0.15) is 5.75 Å². The van der Waals surface area contributed by atoms with Crippen molar-refractivity contribution in [3.05, 3.63) is 29.3 Å². The Morgan fingerprint density at radius 2 is 1.95 bits per heavy atom. The second-order valence-electron chi connectivity index (χ2n) is 6.32. The lowest BCUT2D eigenvalue weighted by atomic mass is 9.87. The third kappa shape index (κ3) is 4.76. The summed E-state index contributed by atoms with van der Waals surface area (Å²) in [6.07, 6.45) is 5.11. The number of carbonyl (C=O) groups is 1. The molecular weight excluding hydrogens is 262 g/mol. The summed E-state index contributed by atoms with van der Waals surface area (Å²) in [7, 11) is 0. The molecule has 2 rings (SSSR count). The molecule has 0 bridgehead atoms. The Morgan fingerprint density at radius 1 is 1.24 bits per heavy atom. The minimum atomic E-state index is 0.111. The van der Waals surface area contributed by atoms with Gasteiger partial charge in [-0.25, -0.2) is 0 Å². The predicted molar refractivity (Wildman–Crippen MR) is 85.6 cm³/mol. The molecule has 0 unspecified atom stereocenters. The molecule has 1 aliphatic rings. The van der Waals surface area contributed by atoms with E-state index in [1.807, 2.05) is 19.1 Å². The summed E-state index contributed by atoms with van der Waals surface area (Å²) in [6, 6.07) is 6.39. The third-order valence-corrected chi connectivity index (χ3v) is 4.52. The van der Waals surface area contributed by atoms with Crippen LogP contribution in [0.25, 0.3) is 0 Å². The minimum Gasteiger partial charge on any atom is -0.493 e. The molecular formula is C18H27NO2. The van der Waals surface area contributed by atoms with E-state index in [1.54, 1.807) is 0 Å². The summed E-state index contributed by atoms with van der Waals surface area (Å²) in [4.78, 5) is 11.9. The van der Waals surface area contributed by atoms with Gasteiger partial charge in [0.25, 0.3) is 0 Å². The summed E-state index contributed by atoms with van der Waals surface area (Å²) in [6.45, 7) is 6.85. The zero-order valence-electron chi connectivity index (χ0n) is 13.4. The number of ether oxygens (including phenoxy) is 1. The lowest BCUT2D eigenvalue weighted by molar-refractivity contribution is -0.122. The molecule has 1 saturated carbocycles. The molecule has 116 valence electrons. The van der Waals surface area contributed by atoms with Crippen molar-refractivity contribution >= 4 is 5.91 Å². The maximum atomic E-state index is 11.9. The Hall–Kier alpha value is -1.51. The standard InChI is InChI=1S/C18H27NO2/c1-13-7-9-16(10-8-13)19-18(20)11-12-21-17-6-4-5-14(2)15(17)3/h4-6,13,16H,7-12H2,1-3H3,(H,19,20). The Labute approximate surface area is 128 Å². The van der Waals surface area contributed by atoms with Crippen LogP contribution in [-0.2, 0) is 4.79 Å². The van der Waals surface area contributed by atoms with Gasteiger partial charge in [-0.1, -0.05) is 19.1 Å². The molecule has 1 aliphatic carbocycles. The van der Waals surface area contributed by atoms with Crippen LogP contribution in [0.5, 0.6) is 5.75 Å². The van der Waals surface area contributed by atoms with E-state index >= 15 is 0 Å². The van der Waals surface area contributed by atoms with Gasteiger partial charge >= 0.3 is 0 Å². The van der Waals surface area contributed by atoms with Gasteiger partial charge in [-0.15, -0.1) is 0 Å². The van der Waals surface area contributed by atoms with Gasteiger partial charge in [0.15, 0.2) is 0 Å². The van der Waals surface area contributed by atoms with Gasteiger partial charge in [0.2, 0.25) is 5.91 Å². The molecule has 0 radical (unpaired) electrons. The third-order valence-electron chi connectivity index (χ3n) is 4.52. The zero-order chi connectivity index (χ0) is 15.2. The van der Waals surface area contributed by atoms with Gasteiger partial charge < -0.3 is 10.1 Å².